The lowest BCUT2D eigenvalue weighted by Crippen LogP contribution is -2.16. The number of carbonyl (C=O) groups is 1. The Kier molecular flexibility index (Phi) is 3.57. The SMILES string of the molecule is NC(CC(=O)O)c1ncc(-c2ccc(F)cc2F)[nH]1. The van der Waals surface area contributed by atoms with Gasteiger partial charge in [0.15, 0.2) is 0 Å². The van der Waals surface area contributed by atoms with E-state index < -0.39 is 23.6 Å². The molecule has 19 heavy (non-hydrogen) atoms. The maximum absolute atomic E-state index is 13.5. The fourth-order valence-corrected chi connectivity index (χ4v) is 1.65. The second kappa shape index (κ2) is 5.15. The number of rotatable bonds is 4. The minimum Gasteiger partial charge on any atom is -0.481 e. The highest BCUT2D eigenvalue weighted by atomic mass is 19.1. The van der Waals surface area contributed by atoms with E-state index in [0.29, 0.717) is 5.69 Å². The molecular formula is C12H11F2N3O2. The molecule has 1 aromatic carbocycles. The molecule has 0 spiro atoms. The first kappa shape index (κ1) is 13.2. The number of benzene rings is 1. The third-order valence-electron chi connectivity index (χ3n) is 2.56. The molecule has 7 heteroatoms. The summed E-state index contributed by atoms with van der Waals surface area (Å²) in [7, 11) is 0. The average molecular weight is 267 g/mol. The molecule has 1 heterocycles. The monoisotopic (exact) mass is 267 g/mol. The molecule has 100 valence electrons. The number of aromatic nitrogens is 2. The van der Waals surface area contributed by atoms with Crippen LogP contribution in [0.4, 0.5) is 8.78 Å². The molecule has 1 unspecified atom stereocenters. The topological polar surface area (TPSA) is 92.0 Å². The third kappa shape index (κ3) is 2.94. The van der Waals surface area contributed by atoms with E-state index in [4.69, 9.17) is 10.8 Å². The van der Waals surface area contributed by atoms with Crippen LogP contribution in [0.1, 0.15) is 18.3 Å². The van der Waals surface area contributed by atoms with Gasteiger partial charge in [0.1, 0.15) is 17.5 Å². The first-order valence-corrected chi connectivity index (χ1v) is 5.45. The highest BCUT2D eigenvalue weighted by molar-refractivity contribution is 5.67. The predicted octanol–water partition coefficient (Wildman–Crippen LogP) is 1.83. The fraction of sp³-hybridized carbons (Fsp3) is 0.167. The molecule has 0 bridgehead atoms. The summed E-state index contributed by atoms with van der Waals surface area (Å²) >= 11 is 0. The van der Waals surface area contributed by atoms with Crippen molar-refractivity contribution in [1.29, 1.82) is 0 Å². The van der Waals surface area contributed by atoms with E-state index >= 15 is 0 Å². The molecule has 2 aromatic rings. The van der Waals surface area contributed by atoms with E-state index in [1.807, 2.05) is 0 Å². The minimum absolute atomic E-state index is 0.141. The molecule has 1 atom stereocenters. The second-order valence-corrected chi connectivity index (χ2v) is 4.01. The van der Waals surface area contributed by atoms with E-state index in [1.54, 1.807) is 0 Å². The van der Waals surface area contributed by atoms with E-state index in [9.17, 15) is 13.6 Å². The van der Waals surface area contributed by atoms with Gasteiger partial charge in [-0.25, -0.2) is 13.8 Å². The quantitative estimate of drug-likeness (QED) is 0.788. The minimum atomic E-state index is -1.06. The van der Waals surface area contributed by atoms with Crippen LogP contribution >= 0.6 is 0 Å². The maximum atomic E-state index is 13.5. The summed E-state index contributed by atoms with van der Waals surface area (Å²) in [6.07, 6.45) is 1.03. The van der Waals surface area contributed by atoms with Crippen LogP contribution < -0.4 is 5.73 Å². The standard InChI is InChI=1S/C12H11F2N3O2/c13-6-1-2-7(8(14)3-6)10-5-16-12(17-10)9(15)4-11(18)19/h1-3,5,9H,4,15H2,(H,16,17)(H,18,19). The van der Waals surface area contributed by atoms with Crippen LogP contribution in [-0.4, -0.2) is 21.0 Å². The van der Waals surface area contributed by atoms with Gasteiger partial charge in [-0.1, -0.05) is 0 Å². The zero-order chi connectivity index (χ0) is 14.0. The molecule has 5 nitrogen and oxygen atoms in total. The van der Waals surface area contributed by atoms with E-state index in [1.165, 1.54) is 12.3 Å². The summed E-state index contributed by atoms with van der Waals surface area (Å²) in [6, 6.07) is 2.34. The number of hydrogen-bond acceptors (Lipinski definition) is 3. The lowest BCUT2D eigenvalue weighted by Gasteiger charge is -2.05. The Morgan fingerprint density at radius 2 is 2.21 bits per heavy atom. The zero-order valence-electron chi connectivity index (χ0n) is 9.73. The Balaban J connectivity index is 2.28. The van der Waals surface area contributed by atoms with E-state index in [-0.39, 0.29) is 17.8 Å². The summed E-state index contributed by atoms with van der Waals surface area (Å²) in [4.78, 5) is 17.2. The van der Waals surface area contributed by atoms with Crippen LogP contribution in [0.2, 0.25) is 0 Å². The van der Waals surface area contributed by atoms with Crippen LogP contribution in [0.5, 0.6) is 0 Å². The summed E-state index contributed by atoms with van der Waals surface area (Å²) in [5.41, 5.74) is 6.08. The summed E-state index contributed by atoms with van der Waals surface area (Å²) in [6.45, 7) is 0. The molecule has 0 saturated carbocycles. The fourth-order valence-electron chi connectivity index (χ4n) is 1.65. The number of nitrogens with zero attached hydrogens (tertiary/aromatic N) is 1. The highest BCUT2D eigenvalue weighted by Crippen LogP contribution is 2.23. The average Bonchev–Trinajstić information content (AvgIpc) is 2.77. The van der Waals surface area contributed by atoms with Crippen molar-refractivity contribution in [3.05, 3.63) is 41.9 Å². The number of H-pyrrole nitrogens is 1. The molecule has 0 fully saturated rings. The van der Waals surface area contributed by atoms with Gasteiger partial charge < -0.3 is 15.8 Å². The Morgan fingerprint density at radius 3 is 2.84 bits per heavy atom. The number of nitrogens with two attached hydrogens (primary N) is 1. The molecule has 0 aliphatic rings. The number of imidazole rings is 1. The van der Waals surface area contributed by atoms with Crippen molar-refractivity contribution >= 4 is 5.97 Å². The molecule has 0 aliphatic carbocycles. The molecule has 1 aromatic heterocycles. The van der Waals surface area contributed by atoms with Crippen molar-refractivity contribution in [2.24, 2.45) is 5.73 Å². The highest BCUT2D eigenvalue weighted by Gasteiger charge is 2.16. The first-order chi connectivity index (χ1) is 8.97. The van der Waals surface area contributed by atoms with Crippen molar-refractivity contribution in [1.82, 2.24) is 9.97 Å². The van der Waals surface area contributed by atoms with Gasteiger partial charge in [-0.3, -0.25) is 4.79 Å². The predicted molar refractivity (Wildman–Crippen MR) is 63.1 cm³/mol. The number of halogens is 2. The van der Waals surface area contributed by atoms with Gasteiger partial charge in [0, 0.05) is 11.6 Å². The number of aliphatic carboxylic acids is 1. The zero-order valence-corrected chi connectivity index (χ0v) is 9.73. The van der Waals surface area contributed by atoms with Gasteiger partial charge in [-0.2, -0.15) is 0 Å². The molecular weight excluding hydrogens is 256 g/mol. The first-order valence-electron chi connectivity index (χ1n) is 5.45. The van der Waals surface area contributed by atoms with Gasteiger partial charge in [-0.05, 0) is 12.1 Å². The van der Waals surface area contributed by atoms with Gasteiger partial charge >= 0.3 is 5.97 Å². The Hall–Kier alpha value is -2.28. The summed E-state index contributed by atoms with van der Waals surface area (Å²) in [5.74, 6) is -2.23. The van der Waals surface area contributed by atoms with Crippen LogP contribution in [0.3, 0.4) is 0 Å². The van der Waals surface area contributed by atoms with Crippen molar-refractivity contribution in [2.75, 3.05) is 0 Å². The Labute approximate surface area is 107 Å². The molecule has 0 aliphatic heterocycles. The van der Waals surface area contributed by atoms with Gasteiger partial charge in [0.25, 0.3) is 0 Å². The summed E-state index contributed by atoms with van der Waals surface area (Å²) in [5, 5.41) is 8.62. The van der Waals surface area contributed by atoms with Gasteiger partial charge in [0.2, 0.25) is 0 Å². The van der Waals surface area contributed by atoms with Crippen molar-refractivity contribution in [2.45, 2.75) is 12.5 Å². The Bertz CT molecular complexity index is 613. The van der Waals surface area contributed by atoms with Crippen LogP contribution in [0, 0.1) is 11.6 Å². The van der Waals surface area contributed by atoms with Crippen LogP contribution in [0.25, 0.3) is 11.3 Å². The molecule has 2 rings (SSSR count). The Morgan fingerprint density at radius 1 is 1.47 bits per heavy atom. The normalized spacial score (nSPS) is 12.4. The number of hydrogen-bond donors (Lipinski definition) is 3. The van der Waals surface area contributed by atoms with Crippen molar-refractivity contribution < 1.29 is 18.7 Å². The molecule has 4 N–H and O–H groups in total. The summed E-state index contributed by atoms with van der Waals surface area (Å²) < 4.78 is 26.3. The van der Waals surface area contributed by atoms with Crippen LogP contribution in [0.15, 0.2) is 24.4 Å². The molecule has 0 saturated heterocycles. The number of carboxylic acids is 1. The lowest BCUT2D eigenvalue weighted by molar-refractivity contribution is -0.137. The maximum Gasteiger partial charge on any atom is 0.305 e. The largest absolute Gasteiger partial charge is 0.481 e. The number of aromatic amines is 1. The van der Waals surface area contributed by atoms with Crippen molar-refractivity contribution in [3.8, 4) is 11.3 Å². The number of carboxylic acid groups (broad SMARTS) is 1. The van der Waals surface area contributed by atoms with Gasteiger partial charge in [-0.15, -0.1) is 0 Å². The van der Waals surface area contributed by atoms with E-state index in [2.05, 4.69) is 9.97 Å². The number of nitrogens with one attached hydrogen (secondary N) is 1. The smallest absolute Gasteiger partial charge is 0.305 e. The second-order valence-electron chi connectivity index (χ2n) is 4.01. The molecule has 0 radical (unpaired) electrons. The lowest BCUT2D eigenvalue weighted by atomic mass is 10.1. The van der Waals surface area contributed by atoms with Crippen LogP contribution in [-0.2, 0) is 4.79 Å². The third-order valence-corrected chi connectivity index (χ3v) is 2.56. The van der Waals surface area contributed by atoms with Gasteiger partial charge in [0.05, 0.1) is 24.4 Å². The molecule has 0 amide bonds. The van der Waals surface area contributed by atoms with E-state index in [0.717, 1.165) is 12.1 Å². The van der Waals surface area contributed by atoms with Crippen molar-refractivity contribution in [3.63, 3.8) is 0 Å².